The molecule has 0 radical (unpaired) electrons. The highest BCUT2D eigenvalue weighted by Gasteiger charge is 2.25. The van der Waals surface area contributed by atoms with Crippen LogP contribution in [0, 0.1) is 5.82 Å². The standard InChI is InChI=1S/C13H14Cl2FNO2/c14-8-6-9(15)10(16)5-7(8)13(19)17-11-3-1-2-4-12(11)18/h5-6,11-12,18H,1-4H2,(H,17,19)/t11-,12-/m1/s1. The van der Waals surface area contributed by atoms with Gasteiger partial charge in [0.25, 0.3) is 5.91 Å². The summed E-state index contributed by atoms with van der Waals surface area (Å²) in [6.07, 6.45) is 2.71. The van der Waals surface area contributed by atoms with Crippen molar-refractivity contribution in [3.63, 3.8) is 0 Å². The summed E-state index contributed by atoms with van der Waals surface area (Å²) in [6, 6.07) is 1.90. The summed E-state index contributed by atoms with van der Waals surface area (Å²) in [7, 11) is 0. The minimum atomic E-state index is -0.694. The van der Waals surface area contributed by atoms with E-state index in [4.69, 9.17) is 23.2 Å². The molecule has 0 heterocycles. The Morgan fingerprint density at radius 3 is 2.63 bits per heavy atom. The second-order valence-corrected chi connectivity index (χ2v) is 5.49. The second kappa shape index (κ2) is 6.07. The van der Waals surface area contributed by atoms with Gasteiger partial charge >= 0.3 is 0 Å². The van der Waals surface area contributed by atoms with Crippen LogP contribution in [0.1, 0.15) is 36.0 Å². The van der Waals surface area contributed by atoms with Crippen LogP contribution in [0.3, 0.4) is 0 Å². The first-order valence-corrected chi connectivity index (χ1v) is 6.88. The van der Waals surface area contributed by atoms with E-state index in [1.807, 2.05) is 0 Å². The Labute approximate surface area is 120 Å². The molecule has 0 bridgehead atoms. The molecule has 3 nitrogen and oxygen atoms in total. The van der Waals surface area contributed by atoms with E-state index < -0.39 is 17.8 Å². The van der Waals surface area contributed by atoms with Gasteiger partial charge in [0.2, 0.25) is 0 Å². The number of nitrogens with one attached hydrogen (secondary N) is 1. The van der Waals surface area contributed by atoms with E-state index in [-0.39, 0.29) is 21.7 Å². The van der Waals surface area contributed by atoms with Crippen LogP contribution in [-0.2, 0) is 0 Å². The minimum Gasteiger partial charge on any atom is -0.391 e. The SMILES string of the molecule is O=C(N[C@@H]1CCCC[C@H]1O)c1cc(F)c(Cl)cc1Cl. The van der Waals surface area contributed by atoms with Gasteiger partial charge in [-0.05, 0) is 25.0 Å². The maximum atomic E-state index is 13.4. The molecule has 0 spiro atoms. The van der Waals surface area contributed by atoms with Crippen LogP contribution in [0.15, 0.2) is 12.1 Å². The van der Waals surface area contributed by atoms with Crippen molar-refractivity contribution in [2.45, 2.75) is 37.8 Å². The van der Waals surface area contributed by atoms with Gasteiger partial charge < -0.3 is 10.4 Å². The Hall–Kier alpha value is -0.840. The Morgan fingerprint density at radius 1 is 1.26 bits per heavy atom. The van der Waals surface area contributed by atoms with Crippen LogP contribution in [0.25, 0.3) is 0 Å². The zero-order chi connectivity index (χ0) is 14.0. The number of aliphatic hydroxyl groups excluding tert-OH is 1. The summed E-state index contributed by atoms with van der Waals surface area (Å²) in [5.41, 5.74) is 0.0290. The Morgan fingerprint density at radius 2 is 1.95 bits per heavy atom. The van der Waals surface area contributed by atoms with Gasteiger partial charge in [-0.2, -0.15) is 0 Å². The third-order valence-corrected chi connectivity index (χ3v) is 3.90. The van der Waals surface area contributed by atoms with Crippen LogP contribution in [0.5, 0.6) is 0 Å². The van der Waals surface area contributed by atoms with Crippen molar-refractivity contribution < 1.29 is 14.3 Å². The van der Waals surface area contributed by atoms with Crippen molar-refractivity contribution in [1.29, 1.82) is 0 Å². The molecule has 1 aromatic rings. The molecular weight excluding hydrogens is 292 g/mol. The smallest absolute Gasteiger partial charge is 0.253 e. The number of carbonyl (C=O) groups is 1. The fourth-order valence-corrected chi connectivity index (χ4v) is 2.69. The van der Waals surface area contributed by atoms with Gasteiger partial charge in [-0.25, -0.2) is 4.39 Å². The van der Waals surface area contributed by atoms with Crippen LogP contribution < -0.4 is 5.32 Å². The lowest BCUT2D eigenvalue weighted by atomic mass is 9.92. The van der Waals surface area contributed by atoms with Gasteiger partial charge in [0, 0.05) is 0 Å². The van der Waals surface area contributed by atoms with Crippen LogP contribution >= 0.6 is 23.2 Å². The molecule has 19 heavy (non-hydrogen) atoms. The molecule has 2 rings (SSSR count). The Bertz CT molecular complexity index is 496. The molecule has 1 saturated carbocycles. The molecule has 1 aliphatic carbocycles. The lowest BCUT2D eigenvalue weighted by Gasteiger charge is -2.28. The van der Waals surface area contributed by atoms with Crippen molar-refractivity contribution in [2.24, 2.45) is 0 Å². The molecule has 1 fully saturated rings. The molecule has 6 heteroatoms. The van der Waals surface area contributed by atoms with E-state index in [0.717, 1.165) is 18.9 Å². The largest absolute Gasteiger partial charge is 0.391 e. The number of carbonyl (C=O) groups excluding carboxylic acids is 1. The van der Waals surface area contributed by atoms with Crippen molar-refractivity contribution in [1.82, 2.24) is 5.32 Å². The monoisotopic (exact) mass is 305 g/mol. The Kier molecular flexibility index (Phi) is 4.66. The molecule has 1 amide bonds. The fourth-order valence-electron chi connectivity index (χ4n) is 2.22. The molecular formula is C13H14Cl2FNO2. The lowest BCUT2D eigenvalue weighted by molar-refractivity contribution is 0.0717. The highest BCUT2D eigenvalue weighted by molar-refractivity contribution is 6.36. The second-order valence-electron chi connectivity index (χ2n) is 4.68. The number of halogens is 3. The topological polar surface area (TPSA) is 49.3 Å². The zero-order valence-electron chi connectivity index (χ0n) is 10.1. The highest BCUT2D eigenvalue weighted by atomic mass is 35.5. The van der Waals surface area contributed by atoms with Gasteiger partial charge in [-0.1, -0.05) is 36.0 Å². The van der Waals surface area contributed by atoms with Crippen molar-refractivity contribution in [3.05, 3.63) is 33.6 Å². The predicted octanol–water partition coefficient (Wildman–Crippen LogP) is 3.17. The molecule has 2 N–H and O–H groups in total. The normalized spacial score (nSPS) is 23.2. The molecule has 1 aromatic carbocycles. The third kappa shape index (κ3) is 3.38. The molecule has 0 unspecified atom stereocenters. The summed E-state index contributed by atoms with van der Waals surface area (Å²) in [4.78, 5) is 12.0. The van der Waals surface area contributed by atoms with E-state index in [2.05, 4.69) is 5.32 Å². The number of amides is 1. The van der Waals surface area contributed by atoms with Gasteiger partial charge in [0.1, 0.15) is 5.82 Å². The average Bonchev–Trinajstić information content (AvgIpc) is 2.36. The quantitative estimate of drug-likeness (QED) is 0.825. The number of rotatable bonds is 2. The van der Waals surface area contributed by atoms with E-state index in [1.54, 1.807) is 0 Å². The van der Waals surface area contributed by atoms with Crippen molar-refractivity contribution in [2.75, 3.05) is 0 Å². The van der Waals surface area contributed by atoms with Gasteiger partial charge in [-0.3, -0.25) is 4.79 Å². The molecule has 0 saturated heterocycles. The first kappa shape index (κ1) is 14.6. The highest BCUT2D eigenvalue weighted by Crippen LogP contribution is 2.25. The van der Waals surface area contributed by atoms with Crippen LogP contribution in [-0.4, -0.2) is 23.2 Å². The van der Waals surface area contributed by atoms with E-state index >= 15 is 0 Å². The number of hydrogen-bond donors (Lipinski definition) is 2. The summed E-state index contributed by atoms with van der Waals surface area (Å²) < 4.78 is 13.4. The fraction of sp³-hybridized carbons (Fsp3) is 0.462. The number of hydrogen-bond acceptors (Lipinski definition) is 2. The van der Waals surface area contributed by atoms with Crippen molar-refractivity contribution in [3.8, 4) is 0 Å². The summed E-state index contributed by atoms with van der Waals surface area (Å²) in [5.74, 6) is -1.19. The molecule has 0 aliphatic heterocycles. The minimum absolute atomic E-state index is 0.0290. The average molecular weight is 306 g/mol. The first-order valence-electron chi connectivity index (χ1n) is 6.12. The maximum absolute atomic E-state index is 13.4. The molecule has 2 atom stereocenters. The maximum Gasteiger partial charge on any atom is 0.253 e. The molecule has 0 aromatic heterocycles. The number of benzene rings is 1. The predicted molar refractivity (Wildman–Crippen MR) is 72.1 cm³/mol. The lowest BCUT2D eigenvalue weighted by Crippen LogP contribution is -2.45. The van der Waals surface area contributed by atoms with Crippen LogP contribution in [0.2, 0.25) is 10.0 Å². The van der Waals surface area contributed by atoms with Crippen molar-refractivity contribution >= 4 is 29.1 Å². The number of aliphatic hydroxyl groups is 1. The molecule has 1 aliphatic rings. The first-order chi connectivity index (χ1) is 8.99. The third-order valence-electron chi connectivity index (χ3n) is 3.30. The van der Waals surface area contributed by atoms with Gasteiger partial charge in [0.05, 0.1) is 27.8 Å². The van der Waals surface area contributed by atoms with Gasteiger partial charge in [0.15, 0.2) is 0 Å². The summed E-state index contributed by atoms with van der Waals surface area (Å²) in [5, 5.41) is 12.4. The zero-order valence-corrected chi connectivity index (χ0v) is 11.6. The molecule has 104 valence electrons. The van der Waals surface area contributed by atoms with E-state index in [1.165, 1.54) is 6.07 Å². The van der Waals surface area contributed by atoms with Gasteiger partial charge in [-0.15, -0.1) is 0 Å². The summed E-state index contributed by atoms with van der Waals surface area (Å²) >= 11 is 11.5. The van der Waals surface area contributed by atoms with Crippen LogP contribution in [0.4, 0.5) is 4.39 Å². The van der Waals surface area contributed by atoms with E-state index in [9.17, 15) is 14.3 Å². The van der Waals surface area contributed by atoms with E-state index in [0.29, 0.717) is 12.8 Å². The summed E-state index contributed by atoms with van der Waals surface area (Å²) in [6.45, 7) is 0. The Balaban J connectivity index is 2.13.